The number of hydrogen-bond donors (Lipinski definition) is 17. The van der Waals surface area contributed by atoms with Gasteiger partial charge in [-0.1, -0.05) is 45.2 Å². The number of methoxy groups -OCH3 is 1. The summed E-state index contributed by atoms with van der Waals surface area (Å²) in [6.45, 7) is 2.85. The first-order valence-corrected chi connectivity index (χ1v) is 32.8. The minimum atomic E-state index is -2.50. The van der Waals surface area contributed by atoms with Crippen LogP contribution in [0.3, 0.4) is 0 Å². The van der Waals surface area contributed by atoms with Gasteiger partial charge in [0, 0.05) is 74.7 Å². The van der Waals surface area contributed by atoms with Crippen molar-refractivity contribution in [3.05, 3.63) is 51.6 Å². The highest BCUT2D eigenvalue weighted by Gasteiger charge is 2.51. The zero-order valence-corrected chi connectivity index (χ0v) is 55.2. The van der Waals surface area contributed by atoms with Crippen molar-refractivity contribution < 1.29 is 118 Å². The van der Waals surface area contributed by atoms with E-state index in [2.05, 4.69) is 37.2 Å². The maximum Gasteiger partial charge on any atom is 0.303 e. The number of nitrogens with one attached hydrogen (secondary N) is 7. The number of benzene rings is 2. The molecule has 2 aromatic carbocycles. The largest absolute Gasteiger partial charge is 0.507 e. The van der Waals surface area contributed by atoms with Crippen LogP contribution in [0.25, 0.3) is 0 Å². The average Bonchev–Trinajstić information content (AvgIpc) is 0.802. The molecule has 3 aliphatic carbocycles. The maximum atomic E-state index is 14.4. The third-order valence-electron chi connectivity index (χ3n) is 18.5. The summed E-state index contributed by atoms with van der Waals surface area (Å²) >= 11 is 0. The highest BCUT2D eigenvalue weighted by molar-refractivity contribution is 6.31. The Morgan fingerprint density at radius 1 is 0.776 bits per heavy atom. The lowest BCUT2D eigenvalue weighted by molar-refractivity contribution is -0.249. The molecule has 2 aromatic rings. The normalized spacial score (nSPS) is 24.0. The van der Waals surface area contributed by atoms with Crippen LogP contribution in [-0.2, 0) is 63.8 Å². The van der Waals surface area contributed by atoms with Gasteiger partial charge in [-0.05, 0) is 63.9 Å². The second-order valence-corrected chi connectivity index (χ2v) is 26.2. The molecule has 0 spiro atoms. The summed E-state index contributed by atoms with van der Waals surface area (Å²) in [5.41, 5.74) is 0.657. The molecule has 1 saturated carbocycles. The molecule has 18 N–H and O–H groups in total. The van der Waals surface area contributed by atoms with Crippen molar-refractivity contribution in [2.45, 2.75) is 209 Å². The summed E-state index contributed by atoms with van der Waals surface area (Å²) in [6.07, 6.45) is -6.91. The fourth-order valence-corrected chi connectivity index (χ4v) is 13.3. The van der Waals surface area contributed by atoms with Gasteiger partial charge in [-0.25, -0.2) is 0 Å². The van der Waals surface area contributed by atoms with Gasteiger partial charge in [-0.15, -0.1) is 0 Å². The number of carbonyl (C=O) groups excluding carboxylic acids is 11. The Bertz CT molecular complexity index is 3340. The molecule has 2 heterocycles. The lowest BCUT2D eigenvalue weighted by Crippen LogP contribution is -2.62. The van der Waals surface area contributed by atoms with Crippen molar-refractivity contribution in [3.63, 3.8) is 0 Å². The van der Waals surface area contributed by atoms with Crippen LogP contribution in [0, 0.1) is 11.8 Å². The van der Waals surface area contributed by atoms with Gasteiger partial charge in [0.2, 0.25) is 53.0 Å². The zero-order chi connectivity index (χ0) is 72.2. The third kappa shape index (κ3) is 18.3. The number of carboxylic acids is 1. The fraction of sp³-hybridized carbons (Fsp3) is 0.631. The number of hydrogen-bond acceptors (Lipinski definition) is 24. The smallest absolute Gasteiger partial charge is 0.303 e. The van der Waals surface area contributed by atoms with Gasteiger partial charge in [0.1, 0.15) is 65.8 Å². The van der Waals surface area contributed by atoms with Gasteiger partial charge < -0.3 is 108 Å². The number of phenols is 2. The van der Waals surface area contributed by atoms with Crippen molar-refractivity contribution in [3.8, 4) is 17.2 Å². The highest BCUT2D eigenvalue weighted by Crippen LogP contribution is 2.53. The van der Waals surface area contributed by atoms with Gasteiger partial charge in [0.25, 0.3) is 0 Å². The van der Waals surface area contributed by atoms with Crippen molar-refractivity contribution >= 4 is 70.6 Å². The minimum absolute atomic E-state index is 0.00429. The summed E-state index contributed by atoms with van der Waals surface area (Å²) < 4.78 is 17.7. The van der Waals surface area contributed by atoms with Crippen LogP contribution >= 0.6 is 0 Å². The molecule has 2 saturated heterocycles. The molecule has 98 heavy (non-hydrogen) atoms. The number of ether oxygens (including phenoxy) is 3. The Hall–Kier alpha value is -8.28. The molecule has 33 heteroatoms. The predicted octanol–water partition coefficient (Wildman–Crippen LogP) is -3.35. The van der Waals surface area contributed by atoms with Gasteiger partial charge in [-0.2, -0.15) is 0 Å². The molecular weight excluding hydrogens is 1290 g/mol. The van der Waals surface area contributed by atoms with Gasteiger partial charge >= 0.3 is 5.97 Å². The Morgan fingerprint density at radius 3 is 2.07 bits per heavy atom. The number of aliphatic carboxylic acids is 1. The number of likely N-dealkylation sites (tertiary alicyclic amines) is 1. The van der Waals surface area contributed by atoms with E-state index >= 15 is 0 Å². The molecule has 0 unspecified atom stereocenters. The van der Waals surface area contributed by atoms with E-state index in [1.165, 1.54) is 39.2 Å². The number of primary amides is 1. The van der Waals surface area contributed by atoms with E-state index in [1.807, 2.05) is 0 Å². The second kappa shape index (κ2) is 34.0. The zero-order valence-electron chi connectivity index (χ0n) is 55.2. The second-order valence-electron chi connectivity index (χ2n) is 26.2. The Balaban J connectivity index is 1.02. The van der Waals surface area contributed by atoms with Crippen LogP contribution in [0.15, 0.2) is 18.2 Å². The van der Waals surface area contributed by atoms with Crippen LogP contribution in [0.1, 0.15) is 167 Å². The molecule has 0 aromatic heterocycles. The number of β-amino-alcohol motifs (C(OH)–C–C–N with tert-alkyl or cyclic N) is 1. The highest BCUT2D eigenvalue weighted by atomic mass is 16.7. The quantitative estimate of drug-likeness (QED) is 0.0272. The number of Topliss-reactive ketones (excluding diaryl/α,β-unsaturated/α-hetero) is 1. The predicted molar refractivity (Wildman–Crippen MR) is 339 cm³/mol. The number of nitrogens with zero attached hydrogens (tertiary/aromatic N) is 1. The first-order chi connectivity index (χ1) is 46.4. The number of nitrogens with two attached hydrogens (primary N) is 1. The number of amides is 8. The number of rotatable bonds is 32. The van der Waals surface area contributed by atoms with E-state index in [0.29, 0.717) is 12.8 Å². The van der Waals surface area contributed by atoms with Crippen molar-refractivity contribution in [1.82, 2.24) is 42.1 Å². The van der Waals surface area contributed by atoms with Gasteiger partial charge in [-0.3, -0.25) is 57.5 Å². The van der Waals surface area contributed by atoms with Crippen LogP contribution < -0.4 is 47.7 Å². The van der Waals surface area contributed by atoms with E-state index < -0.39 is 230 Å². The maximum absolute atomic E-state index is 14.4. The van der Waals surface area contributed by atoms with Crippen LogP contribution in [0.4, 0.5) is 0 Å². The lowest BCUT2D eigenvalue weighted by atomic mass is 9.72. The molecule has 14 atom stereocenters. The van der Waals surface area contributed by atoms with E-state index in [9.17, 15) is 98.4 Å². The van der Waals surface area contributed by atoms with E-state index in [1.54, 1.807) is 13.8 Å². The molecule has 2 aliphatic heterocycles. The molecule has 0 radical (unpaired) electrons. The molecule has 5 aliphatic rings. The number of carboxylic acid groups (broad SMARTS) is 1. The standard InChI is InChI=1S/C65H91N9O24/c1-29(2)19-39(61(91)71-38-21-48(97-31(4)54(38)84)98-43-23-65(95,44(79)28-77)22-36-50(43)58(88)52-51(56(36)86)55(85)35-13-9-14-42(96-5)49(35)57(52)87)72-62(92)40(27-76)73-60(90)37(17-18-45(66)80)70-64(94)53(32-11-7-6-8-12-32)67-24-33(26-75)69-59(89)30(3)68-63(93)41-20-34(78)25-74(41)46(81)15-10-16-47(82)83/h9,13-14,29-34,37-41,43,48,53-54,67,75-78,84,86,88,95H,6-8,10-12,15-28H2,1-5H3,(H2,66,80)(H,68,93)(H,69,89)(H,70,94)(H,71,91)(H,72,92)(H,73,90)(H,82,83)/t30-,31-,33+,34+,37-,38-,39-,40-,41-,43-,48-,53-,54+,65-/m0/s1. The fourth-order valence-electron chi connectivity index (χ4n) is 13.3. The summed E-state index contributed by atoms with van der Waals surface area (Å²) in [7, 11) is 1.26. The Labute approximate surface area is 563 Å². The molecule has 33 nitrogen and oxygen atoms in total. The molecule has 540 valence electrons. The van der Waals surface area contributed by atoms with Crippen LogP contribution in [-0.4, -0.2) is 240 Å². The SMILES string of the molecule is COc1cccc2c1C(=O)c1c(O)c3c(c(O)c1C2=O)C[C@@](O)(C(=O)CO)C[C@@H]3O[C@H]1C[C@H](NC(=O)[C@H](CC(C)C)NC(=O)[C@H](CO)NC(=O)[C@H](CCC(N)=O)NC(=O)[C@@H](NC[C@H](CO)NC(=O)[C@H](C)NC(=O)[C@@H]2C[C@@H](O)CN2C(=O)CCCC(=O)O)C2CCCCC2)[C@H](O)[C@H](C)O1. The van der Waals surface area contributed by atoms with Gasteiger partial charge in [0.05, 0.1) is 73.5 Å². The Morgan fingerprint density at radius 2 is 1.44 bits per heavy atom. The van der Waals surface area contributed by atoms with Crippen LogP contribution in [0.2, 0.25) is 0 Å². The average molecular weight is 1380 g/mol. The number of fused-ring (bicyclic) bond motifs is 3. The van der Waals surface area contributed by atoms with Crippen LogP contribution in [0.5, 0.6) is 17.2 Å². The van der Waals surface area contributed by atoms with Gasteiger partial charge in [0.15, 0.2) is 17.9 Å². The van der Waals surface area contributed by atoms with E-state index in [0.717, 1.165) is 24.2 Å². The lowest BCUT2D eigenvalue weighted by Gasteiger charge is -2.43. The minimum Gasteiger partial charge on any atom is -0.507 e. The number of aliphatic hydroxyl groups excluding tert-OH is 5. The molecule has 3 fully saturated rings. The number of aliphatic hydroxyl groups is 6. The number of aromatic hydroxyl groups is 2. The molecular formula is C65H91N9O24. The number of ketones is 3. The molecule has 0 bridgehead atoms. The monoisotopic (exact) mass is 1380 g/mol. The summed E-state index contributed by atoms with van der Waals surface area (Å²) in [4.78, 5) is 163. The van der Waals surface area contributed by atoms with E-state index in [4.69, 9.17) is 25.1 Å². The topological polar surface area (TPSA) is 528 Å². The third-order valence-corrected chi connectivity index (χ3v) is 18.5. The molecule has 7 rings (SSSR count). The van der Waals surface area contributed by atoms with Crippen molar-refractivity contribution in [2.75, 3.05) is 40.0 Å². The van der Waals surface area contributed by atoms with Crippen molar-refractivity contribution in [2.24, 2.45) is 17.6 Å². The first-order valence-electron chi connectivity index (χ1n) is 32.8. The van der Waals surface area contributed by atoms with E-state index in [-0.39, 0.29) is 85.0 Å². The summed E-state index contributed by atoms with van der Waals surface area (Å²) in [6, 6.07) is -6.52. The van der Waals surface area contributed by atoms with Crippen molar-refractivity contribution in [1.29, 1.82) is 0 Å². The first kappa shape index (κ1) is 77.1. The summed E-state index contributed by atoms with van der Waals surface area (Å²) in [5, 5.41) is 116. The number of carbonyl (C=O) groups is 12. The Kier molecular flexibility index (Phi) is 26.7. The number of phenolic OH excluding ortho intramolecular Hbond substituents is 2. The molecule has 8 amide bonds. The summed E-state index contributed by atoms with van der Waals surface area (Å²) in [5.74, 6) is -13.2.